The quantitative estimate of drug-likeness (QED) is 0.620. The first-order valence-electron chi connectivity index (χ1n) is 7.69. The summed E-state index contributed by atoms with van der Waals surface area (Å²) in [7, 11) is 0. The minimum absolute atomic E-state index is 0.0607. The molecule has 0 aromatic carbocycles. The van der Waals surface area contributed by atoms with Crippen LogP contribution in [0.2, 0.25) is 0 Å². The van der Waals surface area contributed by atoms with Crippen LogP contribution in [0, 0.1) is 0 Å². The van der Waals surface area contributed by atoms with Crippen molar-refractivity contribution in [2.24, 2.45) is 0 Å². The molecule has 1 aliphatic heterocycles. The third-order valence-electron chi connectivity index (χ3n) is 3.94. The number of amides is 1. The molecule has 2 aromatic heterocycles. The smallest absolute Gasteiger partial charge is 0.253 e. The predicted octanol–water partition coefficient (Wildman–Crippen LogP) is 2.75. The van der Waals surface area contributed by atoms with E-state index in [1.807, 2.05) is 6.26 Å². The van der Waals surface area contributed by atoms with Crippen LogP contribution in [0.3, 0.4) is 0 Å². The summed E-state index contributed by atoms with van der Waals surface area (Å²) in [6, 6.07) is 3.72. The molecule has 1 saturated heterocycles. The molecule has 1 aliphatic rings. The van der Waals surface area contributed by atoms with Crippen molar-refractivity contribution in [3.63, 3.8) is 0 Å². The number of hydrogen-bond acceptors (Lipinski definition) is 6. The number of nitrogens with one attached hydrogen (secondary N) is 1. The van der Waals surface area contributed by atoms with E-state index in [0.717, 1.165) is 41.4 Å². The number of aromatic nitrogens is 3. The fourth-order valence-corrected chi connectivity index (χ4v) is 3.44. The number of carbonyl (C=O) groups is 1. The summed E-state index contributed by atoms with van der Waals surface area (Å²) in [4.78, 5) is 27.3. The largest absolute Gasteiger partial charge is 0.355 e. The molecule has 1 N–H and O–H groups in total. The maximum atomic E-state index is 12.2. The summed E-state index contributed by atoms with van der Waals surface area (Å²) in [5, 5.41) is 3.85. The van der Waals surface area contributed by atoms with Crippen LogP contribution in [0.1, 0.15) is 23.2 Å². The van der Waals surface area contributed by atoms with E-state index in [9.17, 15) is 4.79 Å². The number of nitrogens with zero attached hydrogens (tertiary/aromatic N) is 4. The van der Waals surface area contributed by atoms with Crippen LogP contribution in [0.15, 0.2) is 40.4 Å². The van der Waals surface area contributed by atoms with E-state index < -0.39 is 0 Å². The molecule has 8 heteroatoms. The third kappa shape index (κ3) is 4.05. The second kappa shape index (κ2) is 7.94. The Bertz CT molecular complexity index is 707. The number of rotatable bonds is 4. The lowest BCUT2D eigenvalue weighted by Crippen LogP contribution is -2.45. The van der Waals surface area contributed by atoms with Gasteiger partial charge in [0.15, 0.2) is 5.16 Å². The summed E-state index contributed by atoms with van der Waals surface area (Å²) >= 11 is 5.06. The molecule has 0 spiro atoms. The van der Waals surface area contributed by atoms with Crippen molar-refractivity contribution >= 4 is 39.4 Å². The highest BCUT2D eigenvalue weighted by atomic mass is 79.9. The van der Waals surface area contributed by atoms with Gasteiger partial charge in [-0.05, 0) is 47.2 Å². The van der Waals surface area contributed by atoms with Crippen molar-refractivity contribution in [1.29, 1.82) is 0 Å². The molecule has 3 rings (SSSR count). The topological polar surface area (TPSA) is 71.0 Å². The molecule has 0 bridgehead atoms. The van der Waals surface area contributed by atoms with E-state index in [1.165, 1.54) is 11.8 Å². The second-order valence-corrected chi connectivity index (χ2v) is 7.13. The first-order valence-corrected chi connectivity index (χ1v) is 9.71. The molecule has 1 amide bonds. The first-order chi connectivity index (χ1) is 11.7. The van der Waals surface area contributed by atoms with Crippen LogP contribution in [0.5, 0.6) is 0 Å². The summed E-state index contributed by atoms with van der Waals surface area (Å²) < 4.78 is 0.901. The lowest BCUT2D eigenvalue weighted by Gasteiger charge is -2.33. The third-order valence-corrected chi connectivity index (χ3v) is 5.06. The Labute approximate surface area is 153 Å². The summed E-state index contributed by atoms with van der Waals surface area (Å²) in [5.74, 6) is 0.862. The zero-order valence-electron chi connectivity index (χ0n) is 13.3. The summed E-state index contributed by atoms with van der Waals surface area (Å²) in [6.07, 6.45) is 8.79. The zero-order valence-corrected chi connectivity index (χ0v) is 15.7. The van der Waals surface area contributed by atoms with Gasteiger partial charge in [0.1, 0.15) is 5.82 Å². The van der Waals surface area contributed by atoms with Crippen molar-refractivity contribution in [1.82, 2.24) is 20.3 Å². The molecule has 24 heavy (non-hydrogen) atoms. The van der Waals surface area contributed by atoms with Gasteiger partial charge in [-0.2, -0.15) is 0 Å². The Morgan fingerprint density at radius 3 is 2.83 bits per heavy atom. The fourth-order valence-electron chi connectivity index (χ4n) is 2.66. The highest BCUT2D eigenvalue weighted by molar-refractivity contribution is 9.10. The second-order valence-electron chi connectivity index (χ2n) is 5.50. The molecule has 0 saturated carbocycles. The number of anilines is 1. The molecular weight excluding hydrogens is 390 g/mol. The highest BCUT2D eigenvalue weighted by Crippen LogP contribution is 2.27. The number of pyridine rings is 1. The van der Waals surface area contributed by atoms with Crippen molar-refractivity contribution in [2.75, 3.05) is 24.2 Å². The fraction of sp³-hybridized carbons (Fsp3) is 0.375. The van der Waals surface area contributed by atoms with E-state index in [0.29, 0.717) is 5.56 Å². The molecule has 6 nitrogen and oxygen atoms in total. The van der Waals surface area contributed by atoms with Gasteiger partial charge < -0.3 is 10.2 Å². The normalized spacial score (nSPS) is 15.3. The highest BCUT2D eigenvalue weighted by Gasteiger charge is 2.23. The lowest BCUT2D eigenvalue weighted by atomic mass is 10.0. The standard InChI is InChI=1S/C16H18BrN5OS/c1-24-16-19-10-13(17)14(21-16)22-7-4-12(5-8-22)20-15(23)11-3-2-6-18-9-11/h2-3,6,9-10,12H,4-5,7-8H2,1H3,(H,20,23). The molecule has 0 atom stereocenters. The Hall–Kier alpha value is -1.67. The van der Waals surface area contributed by atoms with E-state index in [2.05, 4.69) is 41.1 Å². The Balaban J connectivity index is 1.59. The van der Waals surface area contributed by atoms with E-state index in [1.54, 1.807) is 30.7 Å². The number of thioether (sulfide) groups is 1. The van der Waals surface area contributed by atoms with Gasteiger partial charge in [0, 0.05) is 37.7 Å². The molecule has 0 unspecified atom stereocenters. The Morgan fingerprint density at radius 1 is 1.38 bits per heavy atom. The van der Waals surface area contributed by atoms with Crippen molar-refractivity contribution in [2.45, 2.75) is 24.0 Å². The van der Waals surface area contributed by atoms with Crippen molar-refractivity contribution < 1.29 is 4.79 Å². The molecule has 3 heterocycles. The molecule has 0 aliphatic carbocycles. The zero-order chi connectivity index (χ0) is 16.9. The molecule has 2 aromatic rings. The Kier molecular flexibility index (Phi) is 5.68. The first kappa shape index (κ1) is 17.2. The average Bonchev–Trinajstić information content (AvgIpc) is 2.63. The van der Waals surface area contributed by atoms with Crippen LogP contribution in [-0.2, 0) is 0 Å². The average molecular weight is 408 g/mol. The number of piperidine rings is 1. The minimum atomic E-state index is -0.0607. The maximum absolute atomic E-state index is 12.2. The van der Waals surface area contributed by atoms with Gasteiger partial charge in [-0.1, -0.05) is 11.8 Å². The SMILES string of the molecule is CSc1ncc(Br)c(N2CCC(NC(=O)c3cccnc3)CC2)n1. The van der Waals surface area contributed by atoms with E-state index >= 15 is 0 Å². The molecule has 1 fully saturated rings. The van der Waals surface area contributed by atoms with Gasteiger partial charge >= 0.3 is 0 Å². The van der Waals surface area contributed by atoms with Crippen LogP contribution in [0.4, 0.5) is 5.82 Å². The van der Waals surface area contributed by atoms with Crippen LogP contribution < -0.4 is 10.2 Å². The predicted molar refractivity (Wildman–Crippen MR) is 98.5 cm³/mol. The maximum Gasteiger partial charge on any atom is 0.253 e. The summed E-state index contributed by atoms with van der Waals surface area (Å²) in [6.45, 7) is 1.70. The molecule has 0 radical (unpaired) electrons. The lowest BCUT2D eigenvalue weighted by molar-refractivity contribution is 0.0930. The molecular formula is C16H18BrN5OS. The van der Waals surface area contributed by atoms with Gasteiger partial charge in [0.2, 0.25) is 0 Å². The molecule has 126 valence electrons. The van der Waals surface area contributed by atoms with E-state index in [4.69, 9.17) is 0 Å². The number of halogens is 1. The van der Waals surface area contributed by atoms with Gasteiger partial charge in [0.05, 0.1) is 10.0 Å². The van der Waals surface area contributed by atoms with Gasteiger partial charge in [-0.3, -0.25) is 9.78 Å². The number of carbonyl (C=O) groups excluding carboxylic acids is 1. The monoisotopic (exact) mass is 407 g/mol. The minimum Gasteiger partial charge on any atom is -0.355 e. The van der Waals surface area contributed by atoms with E-state index in [-0.39, 0.29) is 11.9 Å². The summed E-state index contributed by atoms with van der Waals surface area (Å²) in [5.41, 5.74) is 0.600. The van der Waals surface area contributed by atoms with Gasteiger partial charge in [0.25, 0.3) is 5.91 Å². The van der Waals surface area contributed by atoms with Crippen molar-refractivity contribution in [3.05, 3.63) is 40.8 Å². The van der Waals surface area contributed by atoms with Crippen LogP contribution in [-0.4, -0.2) is 46.2 Å². The van der Waals surface area contributed by atoms with Crippen molar-refractivity contribution in [3.8, 4) is 0 Å². The van der Waals surface area contributed by atoms with Crippen LogP contribution in [0.25, 0.3) is 0 Å². The Morgan fingerprint density at radius 2 is 2.17 bits per heavy atom. The van der Waals surface area contributed by atoms with Crippen LogP contribution >= 0.6 is 27.7 Å². The van der Waals surface area contributed by atoms with Gasteiger partial charge in [-0.15, -0.1) is 0 Å². The number of hydrogen-bond donors (Lipinski definition) is 1. The van der Waals surface area contributed by atoms with Gasteiger partial charge in [-0.25, -0.2) is 9.97 Å².